The van der Waals surface area contributed by atoms with Crippen molar-refractivity contribution in [3.05, 3.63) is 66.4 Å². The van der Waals surface area contributed by atoms with Gasteiger partial charge in [-0.1, -0.05) is 36.4 Å². The van der Waals surface area contributed by atoms with Gasteiger partial charge in [-0.25, -0.2) is 0 Å². The molecule has 2 aromatic carbocycles. The fourth-order valence-corrected chi connectivity index (χ4v) is 2.85. The first-order valence-corrected chi connectivity index (χ1v) is 8.69. The van der Waals surface area contributed by atoms with Gasteiger partial charge < -0.3 is 15.4 Å². The van der Waals surface area contributed by atoms with Crippen LogP contribution in [0.3, 0.4) is 0 Å². The smallest absolute Gasteiger partial charge is 0.233 e. The minimum atomic E-state index is -0.372. The van der Waals surface area contributed by atoms with Gasteiger partial charge in [0.2, 0.25) is 11.8 Å². The van der Waals surface area contributed by atoms with Crippen molar-refractivity contribution >= 4 is 28.4 Å². The number of amides is 2. The van der Waals surface area contributed by atoms with Gasteiger partial charge in [0.05, 0.1) is 18.3 Å². The Morgan fingerprint density at radius 2 is 1.81 bits per heavy atom. The van der Waals surface area contributed by atoms with Crippen LogP contribution in [0.5, 0.6) is 5.75 Å². The molecule has 3 rings (SSSR count). The third-order valence-corrected chi connectivity index (χ3v) is 4.14. The van der Waals surface area contributed by atoms with Gasteiger partial charge in [0.25, 0.3) is 0 Å². The van der Waals surface area contributed by atoms with Crippen molar-refractivity contribution in [1.82, 2.24) is 10.3 Å². The van der Waals surface area contributed by atoms with Gasteiger partial charge in [-0.05, 0) is 30.2 Å². The molecule has 2 amide bonds. The third-order valence-electron chi connectivity index (χ3n) is 4.14. The molecular weight excluding hydrogens is 342 g/mol. The van der Waals surface area contributed by atoms with Crippen LogP contribution in [0.2, 0.25) is 0 Å². The lowest BCUT2D eigenvalue weighted by atomic mass is 10.1. The predicted octanol–water partition coefficient (Wildman–Crippen LogP) is 2.93. The zero-order valence-electron chi connectivity index (χ0n) is 15.1. The molecule has 0 aliphatic heterocycles. The molecule has 0 spiro atoms. The summed E-state index contributed by atoms with van der Waals surface area (Å²) in [6.07, 6.45) is 2.06. The first kappa shape index (κ1) is 18.4. The molecule has 6 heteroatoms. The second-order valence-electron chi connectivity index (χ2n) is 6.02. The molecule has 0 bridgehead atoms. The molecule has 3 aromatic rings. The molecule has 27 heavy (non-hydrogen) atoms. The molecule has 0 saturated heterocycles. The highest BCUT2D eigenvalue weighted by atomic mass is 16.5. The Labute approximate surface area is 157 Å². The Morgan fingerprint density at radius 1 is 1.00 bits per heavy atom. The lowest BCUT2D eigenvalue weighted by Gasteiger charge is -2.10. The summed E-state index contributed by atoms with van der Waals surface area (Å²) in [5.74, 6) is 0.0893. The molecule has 1 aromatic heterocycles. The van der Waals surface area contributed by atoms with Crippen molar-refractivity contribution in [3.63, 3.8) is 0 Å². The molecule has 0 fully saturated rings. The van der Waals surface area contributed by atoms with E-state index in [-0.39, 0.29) is 18.2 Å². The molecule has 1 heterocycles. The molecular formula is C21H21N3O3. The van der Waals surface area contributed by atoms with Crippen LogP contribution in [-0.2, 0) is 16.0 Å². The summed E-state index contributed by atoms with van der Waals surface area (Å²) in [7, 11) is 1.61. The van der Waals surface area contributed by atoms with Gasteiger partial charge in [0.1, 0.15) is 12.2 Å². The fraction of sp³-hybridized carbons (Fsp3) is 0.190. The number of nitrogens with zero attached hydrogens (tertiary/aromatic N) is 1. The summed E-state index contributed by atoms with van der Waals surface area (Å²) in [4.78, 5) is 28.5. The summed E-state index contributed by atoms with van der Waals surface area (Å²) in [6.45, 7) is 0.433. The minimum Gasteiger partial charge on any atom is -0.496 e. The molecule has 0 radical (unpaired) electrons. The van der Waals surface area contributed by atoms with Crippen LogP contribution in [0.15, 0.2) is 60.8 Å². The number of benzene rings is 2. The summed E-state index contributed by atoms with van der Waals surface area (Å²) in [5.41, 5.74) is 2.30. The largest absolute Gasteiger partial charge is 0.496 e. The van der Waals surface area contributed by atoms with Crippen LogP contribution in [0.25, 0.3) is 10.9 Å². The van der Waals surface area contributed by atoms with Crippen LogP contribution >= 0.6 is 0 Å². The number of rotatable bonds is 7. The van der Waals surface area contributed by atoms with E-state index in [1.54, 1.807) is 19.4 Å². The van der Waals surface area contributed by atoms with E-state index >= 15 is 0 Å². The number of hydrogen-bond donors (Lipinski definition) is 2. The Kier molecular flexibility index (Phi) is 5.99. The SMILES string of the molecule is COc1ccccc1CCNC(=O)CC(=O)Nc1cccc2cccnc12. The molecule has 0 aliphatic rings. The van der Waals surface area contributed by atoms with Crippen LogP contribution in [-0.4, -0.2) is 30.5 Å². The third kappa shape index (κ3) is 4.82. The van der Waals surface area contributed by atoms with Crippen molar-refractivity contribution < 1.29 is 14.3 Å². The maximum atomic E-state index is 12.2. The molecule has 0 aliphatic carbocycles. The first-order valence-electron chi connectivity index (χ1n) is 8.69. The zero-order chi connectivity index (χ0) is 19.1. The summed E-state index contributed by atoms with van der Waals surface area (Å²) < 4.78 is 5.29. The van der Waals surface area contributed by atoms with E-state index in [0.29, 0.717) is 24.2 Å². The fourth-order valence-electron chi connectivity index (χ4n) is 2.85. The van der Waals surface area contributed by atoms with Gasteiger partial charge in [-0.3, -0.25) is 14.6 Å². The Morgan fingerprint density at radius 3 is 2.67 bits per heavy atom. The molecule has 138 valence electrons. The maximum absolute atomic E-state index is 12.2. The Hall–Kier alpha value is -3.41. The number of aromatic nitrogens is 1. The van der Waals surface area contributed by atoms with Gasteiger partial charge >= 0.3 is 0 Å². The lowest BCUT2D eigenvalue weighted by molar-refractivity contribution is -0.126. The second-order valence-corrected chi connectivity index (χ2v) is 6.02. The molecule has 0 unspecified atom stereocenters. The highest BCUT2D eigenvalue weighted by Gasteiger charge is 2.11. The van der Waals surface area contributed by atoms with E-state index in [1.165, 1.54) is 0 Å². The quantitative estimate of drug-likeness (QED) is 0.633. The average molecular weight is 363 g/mol. The van der Waals surface area contributed by atoms with E-state index in [1.807, 2.05) is 48.5 Å². The summed E-state index contributed by atoms with van der Waals surface area (Å²) >= 11 is 0. The van der Waals surface area contributed by atoms with Crippen molar-refractivity contribution in [3.8, 4) is 5.75 Å². The van der Waals surface area contributed by atoms with Crippen LogP contribution < -0.4 is 15.4 Å². The minimum absolute atomic E-state index is 0.241. The normalized spacial score (nSPS) is 10.4. The van der Waals surface area contributed by atoms with E-state index in [9.17, 15) is 9.59 Å². The van der Waals surface area contributed by atoms with Crippen LogP contribution in [0.4, 0.5) is 5.69 Å². The topological polar surface area (TPSA) is 80.3 Å². The van der Waals surface area contributed by atoms with E-state index in [2.05, 4.69) is 15.6 Å². The number of hydrogen-bond acceptors (Lipinski definition) is 4. The standard InChI is InChI=1S/C21H21N3O3/c1-27-18-10-3-2-6-15(18)11-13-22-19(25)14-20(26)24-17-9-4-7-16-8-5-12-23-21(16)17/h2-10,12H,11,13-14H2,1H3,(H,22,25)(H,24,26). The second kappa shape index (κ2) is 8.80. The Bertz CT molecular complexity index is 951. The molecule has 2 N–H and O–H groups in total. The number of anilines is 1. The van der Waals surface area contributed by atoms with Gasteiger partial charge in [0.15, 0.2) is 0 Å². The van der Waals surface area contributed by atoms with E-state index in [0.717, 1.165) is 16.7 Å². The van der Waals surface area contributed by atoms with Crippen LogP contribution in [0.1, 0.15) is 12.0 Å². The zero-order valence-corrected chi connectivity index (χ0v) is 15.1. The van der Waals surface area contributed by atoms with E-state index in [4.69, 9.17) is 4.74 Å². The molecule has 0 atom stereocenters. The number of ether oxygens (including phenoxy) is 1. The van der Waals surface area contributed by atoms with Crippen molar-refractivity contribution in [1.29, 1.82) is 0 Å². The number of pyridine rings is 1. The Balaban J connectivity index is 1.51. The monoisotopic (exact) mass is 363 g/mol. The number of para-hydroxylation sites is 2. The summed E-state index contributed by atoms with van der Waals surface area (Å²) in [6, 6.07) is 16.9. The number of nitrogens with one attached hydrogen (secondary N) is 2. The maximum Gasteiger partial charge on any atom is 0.233 e. The van der Waals surface area contributed by atoms with Crippen molar-refractivity contribution in [2.24, 2.45) is 0 Å². The van der Waals surface area contributed by atoms with Gasteiger partial charge in [-0.15, -0.1) is 0 Å². The van der Waals surface area contributed by atoms with Crippen molar-refractivity contribution in [2.75, 3.05) is 19.0 Å². The van der Waals surface area contributed by atoms with E-state index < -0.39 is 0 Å². The predicted molar refractivity (Wildman–Crippen MR) is 105 cm³/mol. The summed E-state index contributed by atoms with van der Waals surface area (Å²) in [5, 5.41) is 6.45. The first-order chi connectivity index (χ1) is 13.2. The number of methoxy groups -OCH3 is 1. The lowest BCUT2D eigenvalue weighted by Crippen LogP contribution is -2.29. The van der Waals surface area contributed by atoms with Gasteiger partial charge in [0, 0.05) is 18.1 Å². The van der Waals surface area contributed by atoms with Gasteiger partial charge in [-0.2, -0.15) is 0 Å². The highest BCUT2D eigenvalue weighted by molar-refractivity contribution is 6.07. The number of carbonyl (C=O) groups is 2. The number of carbonyl (C=O) groups excluding carboxylic acids is 2. The molecule has 0 saturated carbocycles. The highest BCUT2D eigenvalue weighted by Crippen LogP contribution is 2.20. The average Bonchev–Trinajstić information content (AvgIpc) is 2.68. The molecule has 6 nitrogen and oxygen atoms in total. The number of fused-ring (bicyclic) bond motifs is 1. The van der Waals surface area contributed by atoms with Crippen molar-refractivity contribution in [2.45, 2.75) is 12.8 Å². The van der Waals surface area contributed by atoms with Crippen LogP contribution in [0, 0.1) is 0 Å².